The van der Waals surface area contributed by atoms with Gasteiger partial charge < -0.3 is 9.30 Å². The molecular weight excluding hydrogens is 460 g/mol. The van der Waals surface area contributed by atoms with Gasteiger partial charge in [-0.25, -0.2) is 18.0 Å². The molecule has 30 heavy (non-hydrogen) atoms. The lowest BCUT2D eigenvalue weighted by molar-refractivity contribution is 0.0721. The van der Waals surface area contributed by atoms with Gasteiger partial charge in [-0.05, 0) is 36.9 Å². The maximum atomic E-state index is 14.3. The summed E-state index contributed by atoms with van der Waals surface area (Å²) in [4.78, 5) is 11.8. The second kappa shape index (κ2) is 7.39. The fourth-order valence-corrected chi connectivity index (χ4v) is 4.14. The number of rotatable bonds is 4. The Morgan fingerprint density at radius 2 is 1.47 bits per heavy atom. The molecule has 2 aromatic carbocycles. The van der Waals surface area contributed by atoms with Crippen molar-refractivity contribution in [3.63, 3.8) is 0 Å². The normalized spacial score (nSPS) is 12.4. The van der Waals surface area contributed by atoms with Crippen LogP contribution in [-0.4, -0.2) is 19.3 Å². The fraction of sp³-hybridized carbons (Fsp3) is 0.167. The molecule has 0 spiro atoms. The van der Waals surface area contributed by atoms with E-state index in [1.54, 1.807) is 0 Å². The molecule has 0 aliphatic carbocycles. The number of ether oxygens (including phenoxy) is 1. The first-order valence-electron chi connectivity index (χ1n) is 7.96. The summed E-state index contributed by atoms with van der Waals surface area (Å²) in [6.07, 6.45) is 0. The molecular formula is C18H10F7O3PS. The van der Waals surface area contributed by atoms with E-state index in [0.717, 1.165) is 31.5 Å². The fourth-order valence-electron chi connectivity index (χ4n) is 2.46. The zero-order valence-corrected chi connectivity index (χ0v) is 16.7. The van der Waals surface area contributed by atoms with Crippen molar-refractivity contribution in [2.45, 2.75) is 5.66 Å². The number of esters is 1. The summed E-state index contributed by atoms with van der Waals surface area (Å²) in [6, 6.07) is 4.26. The minimum absolute atomic E-state index is 0.106. The number of alkyl halides is 2. The van der Waals surface area contributed by atoms with Gasteiger partial charge in [-0.2, -0.15) is 17.6 Å². The highest BCUT2D eigenvalue weighted by Crippen LogP contribution is 2.60. The Kier molecular flexibility index (Phi) is 5.49. The molecule has 0 unspecified atom stereocenters. The molecule has 0 aliphatic rings. The largest absolute Gasteiger partial charge is 0.416 e. The van der Waals surface area contributed by atoms with Gasteiger partial charge in [0.25, 0.3) is 0 Å². The number of fused-ring (bicyclic) bond motifs is 1. The smallest absolute Gasteiger partial charge is 0.353 e. The van der Waals surface area contributed by atoms with E-state index >= 15 is 0 Å². The summed E-state index contributed by atoms with van der Waals surface area (Å²) >= 11 is 0.680. The van der Waals surface area contributed by atoms with Crippen LogP contribution in [0.15, 0.2) is 24.3 Å². The Hall–Kier alpha value is -2.39. The van der Waals surface area contributed by atoms with Crippen LogP contribution in [0.5, 0.6) is 5.75 Å². The summed E-state index contributed by atoms with van der Waals surface area (Å²) in [5, 5.41) is 0.106. The van der Waals surface area contributed by atoms with Crippen LogP contribution in [0.4, 0.5) is 30.7 Å². The molecule has 1 aromatic heterocycles. The molecule has 160 valence electrons. The third-order valence-electron chi connectivity index (χ3n) is 4.11. The lowest BCUT2D eigenvalue weighted by Gasteiger charge is -2.21. The Morgan fingerprint density at radius 1 is 0.933 bits per heavy atom. The Bertz CT molecular complexity index is 1200. The summed E-state index contributed by atoms with van der Waals surface area (Å²) < 4.78 is 112. The van der Waals surface area contributed by atoms with Gasteiger partial charge in [-0.15, -0.1) is 11.3 Å². The molecule has 0 fully saturated rings. The summed E-state index contributed by atoms with van der Waals surface area (Å²) in [7, 11) is -3.86. The van der Waals surface area contributed by atoms with Crippen LogP contribution in [-0.2, 0) is 10.2 Å². The van der Waals surface area contributed by atoms with Crippen LogP contribution in [0.25, 0.3) is 10.1 Å². The lowest BCUT2D eigenvalue weighted by atomic mass is 10.1. The quantitative estimate of drug-likeness (QED) is 0.109. The van der Waals surface area contributed by atoms with E-state index in [-0.39, 0.29) is 10.3 Å². The second-order valence-corrected chi connectivity index (χ2v) is 10.9. The van der Waals surface area contributed by atoms with Gasteiger partial charge in [0.1, 0.15) is 4.88 Å². The number of carbonyl (C=O) groups excluding carboxylic acids is 1. The first-order valence-corrected chi connectivity index (χ1v) is 11.4. The van der Waals surface area contributed by atoms with Gasteiger partial charge in [0.15, 0.2) is 7.14 Å². The van der Waals surface area contributed by atoms with Crippen molar-refractivity contribution < 1.29 is 44.8 Å². The van der Waals surface area contributed by atoms with Crippen molar-refractivity contribution >= 4 is 34.5 Å². The SMILES string of the molecule is CP(C)(=O)C(F)(F)c1ccc2sc(C(=O)Oc3c(F)c(F)c(F)c(F)c3F)cc2c1. The van der Waals surface area contributed by atoms with Crippen molar-refractivity contribution in [2.24, 2.45) is 0 Å². The van der Waals surface area contributed by atoms with Crippen LogP contribution in [0.2, 0.25) is 0 Å². The number of benzene rings is 2. The topological polar surface area (TPSA) is 43.4 Å². The average molecular weight is 470 g/mol. The van der Waals surface area contributed by atoms with Gasteiger partial charge >= 0.3 is 11.6 Å². The summed E-state index contributed by atoms with van der Waals surface area (Å²) in [6.45, 7) is 1.83. The van der Waals surface area contributed by atoms with Gasteiger partial charge in [-0.3, -0.25) is 0 Å². The lowest BCUT2D eigenvalue weighted by Crippen LogP contribution is -2.12. The molecule has 0 bridgehead atoms. The zero-order chi connectivity index (χ0) is 22.6. The average Bonchev–Trinajstić information content (AvgIpc) is 3.10. The molecule has 0 N–H and O–H groups in total. The predicted molar refractivity (Wildman–Crippen MR) is 96.4 cm³/mol. The third kappa shape index (κ3) is 3.60. The first-order chi connectivity index (χ1) is 13.8. The Morgan fingerprint density at radius 3 is 2.00 bits per heavy atom. The highest BCUT2D eigenvalue weighted by molar-refractivity contribution is 7.63. The van der Waals surface area contributed by atoms with E-state index in [9.17, 15) is 40.1 Å². The minimum Gasteiger partial charge on any atom is -0.416 e. The molecule has 0 atom stereocenters. The van der Waals surface area contributed by atoms with E-state index < -0.39 is 59.2 Å². The highest BCUT2D eigenvalue weighted by atomic mass is 32.1. The molecule has 0 aliphatic heterocycles. The maximum absolute atomic E-state index is 14.3. The Balaban J connectivity index is 1.99. The number of hydrogen-bond acceptors (Lipinski definition) is 4. The monoisotopic (exact) mass is 470 g/mol. The maximum Gasteiger partial charge on any atom is 0.353 e. The standard InChI is InChI=1S/C18H10F7O3PS/c1-29(2,27)18(24,25)8-3-4-9-7(5-8)6-10(30-9)17(26)28-16-14(22)12(20)11(19)13(21)15(16)23/h3-6H,1-2H3. The van der Waals surface area contributed by atoms with Crippen molar-refractivity contribution in [3.8, 4) is 5.75 Å². The molecule has 3 aromatic rings. The summed E-state index contributed by atoms with van der Waals surface area (Å²) in [5.74, 6) is -14.9. The van der Waals surface area contributed by atoms with Gasteiger partial charge in [0.05, 0.1) is 0 Å². The van der Waals surface area contributed by atoms with Crippen LogP contribution >= 0.6 is 18.5 Å². The van der Waals surface area contributed by atoms with E-state index in [1.165, 1.54) is 6.07 Å². The van der Waals surface area contributed by atoms with E-state index in [0.29, 0.717) is 16.0 Å². The van der Waals surface area contributed by atoms with E-state index in [2.05, 4.69) is 4.74 Å². The van der Waals surface area contributed by atoms with Gasteiger partial charge in [-0.1, -0.05) is 6.07 Å². The Labute approximate surface area is 168 Å². The molecule has 3 nitrogen and oxygen atoms in total. The minimum atomic E-state index is -3.86. The van der Waals surface area contributed by atoms with E-state index in [4.69, 9.17) is 0 Å². The van der Waals surface area contributed by atoms with Gasteiger partial charge in [0, 0.05) is 10.3 Å². The summed E-state index contributed by atoms with van der Waals surface area (Å²) in [5.41, 5.74) is -4.21. The first kappa shape index (κ1) is 22.3. The molecule has 1 heterocycles. The van der Waals surface area contributed by atoms with Crippen molar-refractivity contribution in [1.82, 2.24) is 0 Å². The van der Waals surface area contributed by atoms with Crippen LogP contribution in [0.1, 0.15) is 15.2 Å². The van der Waals surface area contributed by atoms with Crippen molar-refractivity contribution in [2.75, 3.05) is 13.3 Å². The van der Waals surface area contributed by atoms with Gasteiger partial charge in [0.2, 0.25) is 34.8 Å². The molecule has 12 heteroatoms. The predicted octanol–water partition coefficient (Wildman–Crippen LogP) is 6.49. The van der Waals surface area contributed by atoms with Crippen molar-refractivity contribution in [3.05, 3.63) is 63.8 Å². The van der Waals surface area contributed by atoms with Crippen LogP contribution < -0.4 is 4.74 Å². The molecule has 0 saturated carbocycles. The highest BCUT2D eigenvalue weighted by Gasteiger charge is 2.44. The molecule has 0 amide bonds. The second-order valence-electron chi connectivity index (χ2n) is 6.54. The van der Waals surface area contributed by atoms with E-state index in [1.807, 2.05) is 0 Å². The number of halogens is 7. The number of thiophene rings is 1. The molecule has 0 radical (unpaired) electrons. The number of carbonyl (C=O) groups is 1. The number of hydrogen-bond donors (Lipinski definition) is 0. The zero-order valence-electron chi connectivity index (χ0n) is 15.0. The van der Waals surface area contributed by atoms with Crippen molar-refractivity contribution in [1.29, 1.82) is 0 Å². The third-order valence-corrected chi connectivity index (χ3v) is 6.81. The van der Waals surface area contributed by atoms with Crippen LogP contribution in [0.3, 0.4) is 0 Å². The van der Waals surface area contributed by atoms with Crippen LogP contribution in [0, 0.1) is 29.1 Å². The molecule has 3 rings (SSSR count). The molecule has 0 saturated heterocycles.